The van der Waals surface area contributed by atoms with Crippen molar-refractivity contribution in [3.05, 3.63) is 58.9 Å². The van der Waals surface area contributed by atoms with E-state index in [0.29, 0.717) is 0 Å². The molecule has 2 N–H and O–H groups in total. The molecule has 0 aliphatic rings. The maximum absolute atomic E-state index is 12.2. The summed E-state index contributed by atoms with van der Waals surface area (Å²) in [6.45, 7) is 0. The highest BCUT2D eigenvalue weighted by atomic mass is 33.7. The van der Waals surface area contributed by atoms with Gasteiger partial charge in [0.15, 0.2) is 0 Å². The lowest BCUT2D eigenvalue weighted by Gasteiger charge is -2.22. The molecule has 2 rings (SSSR count). The van der Waals surface area contributed by atoms with Crippen LogP contribution in [0.1, 0.15) is 0 Å². The first-order valence-corrected chi connectivity index (χ1v) is 12.6. The highest BCUT2D eigenvalue weighted by Crippen LogP contribution is 2.41. The fraction of sp³-hybridized carbons (Fsp3) is 0. The molecule has 0 spiro atoms. The minimum absolute atomic E-state index is 0.0128. The molecule has 0 bridgehead atoms. The Morgan fingerprint density at radius 3 is 1.38 bits per heavy atom. The zero-order chi connectivity index (χ0) is 19.5. The molecule has 2 aromatic carbocycles. The van der Waals surface area contributed by atoms with E-state index in [2.05, 4.69) is 0 Å². The Labute approximate surface area is 155 Å². The van der Waals surface area contributed by atoms with Gasteiger partial charge in [-0.1, -0.05) is 12.1 Å². The molecule has 142 valence electrons. The topological polar surface area (TPSA) is 161 Å². The van der Waals surface area contributed by atoms with Gasteiger partial charge in [-0.05, 0) is 36.4 Å². The van der Waals surface area contributed by atoms with Crippen molar-refractivity contribution in [3.63, 3.8) is 0 Å². The summed E-state index contributed by atoms with van der Waals surface area (Å²) in [6, 6.07) is 8.75. The van der Waals surface area contributed by atoms with E-state index >= 15 is 0 Å². The molecule has 0 aliphatic heterocycles. The molecule has 10 nitrogen and oxygen atoms in total. The van der Waals surface area contributed by atoms with Gasteiger partial charge < -0.3 is 20.9 Å². The maximum Gasteiger partial charge on any atom is 0.241 e. The Kier molecular flexibility index (Phi) is 6.41. The molecule has 0 aromatic heterocycles. The van der Waals surface area contributed by atoms with Crippen LogP contribution in [0.15, 0.2) is 58.3 Å². The largest absolute Gasteiger partial charge is 0.733 e. The van der Waals surface area contributed by atoms with Crippen molar-refractivity contribution in [1.29, 1.82) is 0 Å². The van der Waals surface area contributed by atoms with Gasteiger partial charge in [-0.25, -0.2) is 16.8 Å². The van der Waals surface area contributed by atoms with Gasteiger partial charge in [0.05, 0.1) is 40.8 Å². The van der Waals surface area contributed by atoms with Gasteiger partial charge in [-0.2, -0.15) is 0 Å². The van der Waals surface area contributed by atoms with Gasteiger partial charge in [-0.15, -0.1) is 0 Å². The highest BCUT2D eigenvalue weighted by molar-refractivity contribution is 9.23. The predicted octanol–water partition coefficient (Wildman–Crippen LogP) is 2.53. The molecule has 0 amide bonds. The van der Waals surface area contributed by atoms with Gasteiger partial charge in [0.2, 0.25) is 17.7 Å². The normalized spacial score (nSPS) is 12.0. The molecule has 14 heteroatoms. The monoisotopic (exact) mass is 438 g/mol. The molecular formula is C12H10N2O8S4-2. The SMILES string of the molecule is O=S(=O)(SSS(=O)(=O)c1cccc(N([O-])O)c1)c1cccc(N([O-])O)c1. The van der Waals surface area contributed by atoms with Gasteiger partial charge >= 0.3 is 0 Å². The average Bonchev–Trinajstić information content (AvgIpc) is 2.60. The fourth-order valence-electron chi connectivity index (χ4n) is 1.67. The number of benzene rings is 2. The van der Waals surface area contributed by atoms with E-state index < -0.39 is 28.2 Å². The average molecular weight is 438 g/mol. The molecule has 0 aliphatic carbocycles. The van der Waals surface area contributed by atoms with Gasteiger partial charge in [0.25, 0.3) is 0 Å². The van der Waals surface area contributed by atoms with Gasteiger partial charge in [-0.3, -0.25) is 10.4 Å². The number of rotatable bonds is 7. The van der Waals surface area contributed by atoms with Crippen molar-refractivity contribution in [2.24, 2.45) is 0 Å². The van der Waals surface area contributed by atoms with Crippen molar-refractivity contribution < 1.29 is 27.3 Å². The van der Waals surface area contributed by atoms with Crippen molar-refractivity contribution in [3.8, 4) is 0 Å². The van der Waals surface area contributed by atoms with E-state index in [1.807, 2.05) is 0 Å². The van der Waals surface area contributed by atoms with Crippen LogP contribution < -0.4 is 10.5 Å². The Hall–Kier alpha value is -1.52. The first-order valence-electron chi connectivity index (χ1n) is 6.43. The third-order valence-corrected chi connectivity index (χ3v) is 12.6. The van der Waals surface area contributed by atoms with Crippen LogP contribution in [0.4, 0.5) is 11.4 Å². The standard InChI is InChI=1S/C12H10N2O8S4/c15-13(16)9-3-1-5-11(7-9)25(19,20)23-24-26(21,22)12-6-2-4-10(8-12)14(17)18/h1-8,15,17H/q-2. The summed E-state index contributed by atoms with van der Waals surface area (Å²) in [5.74, 6) is 0. The third kappa shape index (κ3) is 5.01. The van der Waals surface area contributed by atoms with Crippen LogP contribution in [-0.2, 0) is 17.7 Å². The zero-order valence-corrected chi connectivity index (χ0v) is 15.8. The first-order chi connectivity index (χ1) is 12.0. The first kappa shape index (κ1) is 20.8. The molecular weight excluding hydrogens is 428 g/mol. The van der Waals surface area contributed by atoms with E-state index in [4.69, 9.17) is 10.4 Å². The minimum Gasteiger partial charge on any atom is -0.733 e. The molecule has 0 heterocycles. The van der Waals surface area contributed by atoms with E-state index in [9.17, 15) is 27.3 Å². The lowest BCUT2D eigenvalue weighted by atomic mass is 10.3. The molecule has 0 fully saturated rings. The Bertz CT molecular complexity index is 910. The van der Waals surface area contributed by atoms with E-state index in [0.717, 1.165) is 36.4 Å². The molecule has 0 saturated heterocycles. The number of hydrogen-bond donors (Lipinski definition) is 2. The van der Waals surface area contributed by atoms with Crippen molar-refractivity contribution in [2.45, 2.75) is 9.79 Å². The van der Waals surface area contributed by atoms with Crippen LogP contribution in [0.25, 0.3) is 0 Å². The molecule has 0 unspecified atom stereocenters. The Balaban J connectivity index is 2.23. The van der Waals surface area contributed by atoms with Crippen LogP contribution in [0, 0.1) is 10.4 Å². The lowest BCUT2D eigenvalue weighted by molar-refractivity contribution is 0.296. The molecule has 26 heavy (non-hydrogen) atoms. The smallest absolute Gasteiger partial charge is 0.241 e. The molecule has 0 saturated carbocycles. The Morgan fingerprint density at radius 2 is 1.08 bits per heavy atom. The molecule has 2 aromatic rings. The predicted molar refractivity (Wildman–Crippen MR) is 97.7 cm³/mol. The van der Waals surface area contributed by atoms with E-state index in [1.165, 1.54) is 12.1 Å². The van der Waals surface area contributed by atoms with E-state index in [1.54, 1.807) is 0 Å². The van der Waals surface area contributed by atoms with Crippen LogP contribution in [0.5, 0.6) is 0 Å². The summed E-state index contributed by atoms with van der Waals surface area (Å²) >= 11 is 0. The summed E-state index contributed by atoms with van der Waals surface area (Å²) in [5.41, 5.74) is -0.684. The Morgan fingerprint density at radius 1 is 0.731 bits per heavy atom. The fourth-order valence-corrected chi connectivity index (χ4v) is 11.2. The summed E-state index contributed by atoms with van der Waals surface area (Å²) in [6.07, 6.45) is 0. The summed E-state index contributed by atoms with van der Waals surface area (Å²) in [5, 5.41) is 38.3. The summed E-state index contributed by atoms with van der Waals surface area (Å²) < 4.78 is 48.9. The zero-order valence-electron chi connectivity index (χ0n) is 12.5. The van der Waals surface area contributed by atoms with Crippen molar-refractivity contribution in [1.82, 2.24) is 0 Å². The summed E-state index contributed by atoms with van der Waals surface area (Å²) in [7, 11) is -8.34. The van der Waals surface area contributed by atoms with Crippen molar-refractivity contribution in [2.75, 3.05) is 10.5 Å². The second-order valence-electron chi connectivity index (χ2n) is 4.58. The second-order valence-corrected chi connectivity index (χ2v) is 13.5. The highest BCUT2D eigenvalue weighted by Gasteiger charge is 2.24. The third-order valence-electron chi connectivity index (χ3n) is 2.86. The van der Waals surface area contributed by atoms with Gasteiger partial charge in [0, 0.05) is 0 Å². The lowest BCUT2D eigenvalue weighted by Crippen LogP contribution is -2.08. The van der Waals surface area contributed by atoms with Crippen molar-refractivity contribution >= 4 is 48.8 Å². The minimum atomic E-state index is -4.18. The number of nitrogens with zero attached hydrogens (tertiary/aromatic N) is 2. The van der Waals surface area contributed by atoms with Crippen LogP contribution in [0.3, 0.4) is 0 Å². The number of anilines is 2. The quantitative estimate of drug-likeness (QED) is 0.480. The van der Waals surface area contributed by atoms with Crippen LogP contribution >= 0.6 is 19.7 Å². The van der Waals surface area contributed by atoms with E-state index in [-0.39, 0.29) is 40.8 Å². The second kappa shape index (κ2) is 8.01. The molecule has 0 radical (unpaired) electrons. The summed E-state index contributed by atoms with van der Waals surface area (Å²) in [4.78, 5) is -0.764. The van der Waals surface area contributed by atoms with Gasteiger partial charge in [0.1, 0.15) is 0 Å². The van der Waals surface area contributed by atoms with Crippen LogP contribution in [-0.4, -0.2) is 27.3 Å². The van der Waals surface area contributed by atoms with Crippen LogP contribution in [0.2, 0.25) is 0 Å². The number of hydrogen-bond acceptors (Lipinski definition) is 12. The maximum atomic E-state index is 12.2. The molecule has 0 atom stereocenters.